The molecule has 1 aliphatic heterocycles. The minimum Gasteiger partial charge on any atom is -0.471 e. The quantitative estimate of drug-likeness (QED) is 0.793. The van der Waals surface area contributed by atoms with Crippen molar-refractivity contribution in [3.05, 3.63) is 23.9 Å². The summed E-state index contributed by atoms with van der Waals surface area (Å²) in [5.74, 6) is -0.0414. The molecule has 1 aromatic rings. The number of rotatable bonds is 3. The number of hydrogen-bond donors (Lipinski definition) is 0. The Balaban J connectivity index is 1.80. The summed E-state index contributed by atoms with van der Waals surface area (Å²) >= 11 is 0. The summed E-state index contributed by atoms with van der Waals surface area (Å²) in [5.41, 5.74) is -0.146. The predicted octanol–water partition coefficient (Wildman–Crippen LogP) is 1.87. The molecule has 0 aromatic carbocycles. The molecule has 1 fully saturated rings. The summed E-state index contributed by atoms with van der Waals surface area (Å²) in [6, 6.07) is 3.18. The molecule has 1 aromatic heterocycles. The first kappa shape index (κ1) is 16.1. The number of esters is 1. The Morgan fingerprint density at radius 1 is 1.27 bits per heavy atom. The van der Waals surface area contributed by atoms with Gasteiger partial charge in [0.1, 0.15) is 11.7 Å². The van der Waals surface area contributed by atoms with Crippen LogP contribution in [0.15, 0.2) is 18.3 Å². The van der Waals surface area contributed by atoms with E-state index >= 15 is 0 Å². The van der Waals surface area contributed by atoms with Crippen LogP contribution < -0.4 is 4.74 Å². The van der Waals surface area contributed by atoms with Crippen molar-refractivity contribution in [2.75, 3.05) is 20.2 Å². The van der Waals surface area contributed by atoms with Crippen LogP contribution in [-0.2, 0) is 9.47 Å². The number of likely N-dealkylation sites (tertiary alicyclic amines) is 1. The highest BCUT2D eigenvalue weighted by molar-refractivity contribution is 5.88. The van der Waals surface area contributed by atoms with Gasteiger partial charge in [-0.2, -0.15) is 0 Å². The molecule has 0 radical (unpaired) electrons. The molecule has 22 heavy (non-hydrogen) atoms. The molecule has 120 valence electrons. The standard InChI is InChI=1S/C15H20N2O5/c1-15(2,3)22-14(19)17-8-11(9-17)21-12-6-5-10(7-16-12)13(18)20-4/h5-7,11H,8-9H2,1-4H3. The van der Waals surface area contributed by atoms with Crippen molar-refractivity contribution in [1.29, 1.82) is 0 Å². The van der Waals surface area contributed by atoms with Crippen LogP contribution >= 0.6 is 0 Å². The van der Waals surface area contributed by atoms with Gasteiger partial charge in [0.2, 0.25) is 5.88 Å². The van der Waals surface area contributed by atoms with E-state index in [0.717, 1.165) is 0 Å². The second-order valence-corrected chi connectivity index (χ2v) is 6.00. The molecule has 1 amide bonds. The van der Waals surface area contributed by atoms with Gasteiger partial charge < -0.3 is 19.1 Å². The van der Waals surface area contributed by atoms with Gasteiger partial charge in [-0.15, -0.1) is 0 Å². The van der Waals surface area contributed by atoms with Crippen LogP contribution in [0.1, 0.15) is 31.1 Å². The number of pyridine rings is 1. The average molecular weight is 308 g/mol. The lowest BCUT2D eigenvalue weighted by atomic mass is 10.2. The Morgan fingerprint density at radius 3 is 2.45 bits per heavy atom. The van der Waals surface area contributed by atoms with Crippen molar-refractivity contribution >= 4 is 12.1 Å². The van der Waals surface area contributed by atoms with Gasteiger partial charge in [0.05, 0.1) is 25.8 Å². The zero-order valence-corrected chi connectivity index (χ0v) is 13.2. The summed E-state index contributed by atoms with van der Waals surface area (Å²) in [6.07, 6.45) is 0.927. The largest absolute Gasteiger partial charge is 0.471 e. The Labute approximate surface area is 129 Å². The van der Waals surface area contributed by atoms with E-state index in [0.29, 0.717) is 24.5 Å². The van der Waals surface area contributed by atoms with Crippen LogP contribution in [0.4, 0.5) is 4.79 Å². The lowest BCUT2D eigenvalue weighted by molar-refractivity contribution is -0.0232. The number of carbonyl (C=O) groups is 2. The number of amides is 1. The van der Waals surface area contributed by atoms with Crippen molar-refractivity contribution in [2.45, 2.75) is 32.5 Å². The van der Waals surface area contributed by atoms with Gasteiger partial charge in [-0.3, -0.25) is 0 Å². The number of nitrogens with zero attached hydrogens (tertiary/aromatic N) is 2. The first-order valence-electron chi connectivity index (χ1n) is 6.97. The third-order valence-electron chi connectivity index (χ3n) is 2.94. The van der Waals surface area contributed by atoms with Gasteiger partial charge >= 0.3 is 12.1 Å². The highest BCUT2D eigenvalue weighted by Gasteiger charge is 2.35. The molecule has 0 N–H and O–H groups in total. The predicted molar refractivity (Wildman–Crippen MR) is 77.8 cm³/mol. The fourth-order valence-corrected chi connectivity index (χ4v) is 1.85. The van der Waals surface area contributed by atoms with Gasteiger partial charge in [0, 0.05) is 12.3 Å². The van der Waals surface area contributed by atoms with Crippen LogP contribution in [0.25, 0.3) is 0 Å². The Hall–Kier alpha value is -2.31. The first-order chi connectivity index (χ1) is 10.3. The molecule has 1 aliphatic rings. The highest BCUT2D eigenvalue weighted by Crippen LogP contribution is 2.19. The lowest BCUT2D eigenvalue weighted by Crippen LogP contribution is -2.57. The molecule has 0 aliphatic carbocycles. The van der Waals surface area contributed by atoms with Crippen molar-refractivity contribution < 1.29 is 23.8 Å². The van der Waals surface area contributed by atoms with E-state index in [4.69, 9.17) is 9.47 Å². The molecule has 0 spiro atoms. The third kappa shape index (κ3) is 4.09. The lowest BCUT2D eigenvalue weighted by Gasteiger charge is -2.39. The number of methoxy groups -OCH3 is 1. The van der Waals surface area contributed by atoms with Crippen molar-refractivity contribution in [1.82, 2.24) is 9.88 Å². The van der Waals surface area contributed by atoms with Gasteiger partial charge in [-0.25, -0.2) is 14.6 Å². The van der Waals surface area contributed by atoms with E-state index in [2.05, 4.69) is 9.72 Å². The number of carbonyl (C=O) groups excluding carboxylic acids is 2. The molecule has 2 heterocycles. The Bertz CT molecular complexity index is 544. The SMILES string of the molecule is COC(=O)c1ccc(OC2CN(C(=O)OC(C)(C)C)C2)nc1. The smallest absolute Gasteiger partial charge is 0.410 e. The first-order valence-corrected chi connectivity index (χ1v) is 6.97. The maximum absolute atomic E-state index is 11.8. The molecule has 0 unspecified atom stereocenters. The van der Waals surface area contributed by atoms with Crippen LogP contribution in [0, 0.1) is 0 Å². The molecule has 7 heteroatoms. The fourth-order valence-electron chi connectivity index (χ4n) is 1.85. The van der Waals surface area contributed by atoms with E-state index in [1.165, 1.54) is 13.3 Å². The zero-order chi connectivity index (χ0) is 16.3. The molecule has 0 bridgehead atoms. The summed E-state index contributed by atoms with van der Waals surface area (Å²) in [4.78, 5) is 28.7. The van der Waals surface area contributed by atoms with E-state index in [-0.39, 0.29) is 12.2 Å². The number of aromatic nitrogens is 1. The van der Waals surface area contributed by atoms with Crippen molar-refractivity contribution in [3.8, 4) is 5.88 Å². The minimum atomic E-state index is -0.506. The Kier molecular flexibility index (Phi) is 4.54. The summed E-state index contributed by atoms with van der Waals surface area (Å²) < 4.78 is 15.5. The van der Waals surface area contributed by atoms with E-state index in [1.54, 1.807) is 17.0 Å². The van der Waals surface area contributed by atoms with Gasteiger partial charge in [-0.1, -0.05) is 0 Å². The van der Waals surface area contributed by atoms with Crippen LogP contribution in [0.2, 0.25) is 0 Å². The summed E-state index contributed by atoms with van der Waals surface area (Å²) in [7, 11) is 1.31. The molecule has 2 rings (SSSR count). The maximum atomic E-state index is 11.8. The van der Waals surface area contributed by atoms with Gasteiger partial charge in [0.15, 0.2) is 0 Å². The summed E-state index contributed by atoms with van der Waals surface area (Å²) in [5, 5.41) is 0. The highest BCUT2D eigenvalue weighted by atomic mass is 16.6. The monoisotopic (exact) mass is 308 g/mol. The maximum Gasteiger partial charge on any atom is 0.410 e. The van der Waals surface area contributed by atoms with Gasteiger partial charge in [-0.05, 0) is 26.8 Å². The van der Waals surface area contributed by atoms with Crippen LogP contribution in [0.5, 0.6) is 5.88 Å². The van der Waals surface area contributed by atoms with Gasteiger partial charge in [0.25, 0.3) is 0 Å². The molecule has 0 atom stereocenters. The fraction of sp³-hybridized carbons (Fsp3) is 0.533. The van der Waals surface area contributed by atoms with Crippen LogP contribution in [-0.4, -0.2) is 53.9 Å². The molecule has 0 saturated carbocycles. The van der Waals surface area contributed by atoms with Crippen molar-refractivity contribution in [3.63, 3.8) is 0 Å². The third-order valence-corrected chi connectivity index (χ3v) is 2.94. The normalized spacial score (nSPS) is 15.0. The minimum absolute atomic E-state index is 0.121. The molecular weight excluding hydrogens is 288 g/mol. The van der Waals surface area contributed by atoms with E-state index in [9.17, 15) is 9.59 Å². The molecular formula is C15H20N2O5. The molecule has 7 nitrogen and oxygen atoms in total. The van der Waals surface area contributed by atoms with Crippen molar-refractivity contribution in [2.24, 2.45) is 0 Å². The topological polar surface area (TPSA) is 78.0 Å². The molecule has 1 saturated heterocycles. The Morgan fingerprint density at radius 2 is 1.95 bits per heavy atom. The second-order valence-electron chi connectivity index (χ2n) is 6.00. The zero-order valence-electron chi connectivity index (χ0n) is 13.2. The van der Waals surface area contributed by atoms with E-state index in [1.807, 2.05) is 20.8 Å². The van der Waals surface area contributed by atoms with Crippen LogP contribution in [0.3, 0.4) is 0 Å². The number of hydrogen-bond acceptors (Lipinski definition) is 6. The van der Waals surface area contributed by atoms with E-state index < -0.39 is 11.6 Å². The summed E-state index contributed by atoms with van der Waals surface area (Å²) in [6.45, 7) is 6.38. The number of ether oxygens (including phenoxy) is 3. The second kappa shape index (κ2) is 6.21. The average Bonchev–Trinajstić information content (AvgIpc) is 2.40.